The minimum Gasteiger partial charge on any atom is -0.380 e. The van der Waals surface area contributed by atoms with Gasteiger partial charge in [0.1, 0.15) is 5.82 Å². The molecule has 0 aliphatic carbocycles. The van der Waals surface area contributed by atoms with E-state index in [4.69, 9.17) is 5.73 Å². The van der Waals surface area contributed by atoms with E-state index in [0.29, 0.717) is 5.95 Å². The molecule has 25 heavy (non-hydrogen) atoms. The summed E-state index contributed by atoms with van der Waals surface area (Å²) in [6.07, 6.45) is 1.88. The lowest BCUT2D eigenvalue weighted by atomic mass is 9.84. The number of nitrogen functional groups attached to an aromatic ring is 1. The SMILES string of the molecule is CCC(C)(CC)c1nc(N)nc(Nc2cccc(NC(C)(C)C)c2)n1. The first-order valence-corrected chi connectivity index (χ1v) is 8.82. The van der Waals surface area contributed by atoms with Crippen molar-refractivity contribution in [1.29, 1.82) is 0 Å². The summed E-state index contributed by atoms with van der Waals surface area (Å²) in [7, 11) is 0. The van der Waals surface area contributed by atoms with Crippen molar-refractivity contribution in [2.75, 3.05) is 16.4 Å². The number of nitrogens with two attached hydrogens (primary N) is 1. The number of benzene rings is 1. The molecule has 0 radical (unpaired) electrons. The van der Waals surface area contributed by atoms with E-state index < -0.39 is 0 Å². The van der Waals surface area contributed by atoms with Gasteiger partial charge in [-0.2, -0.15) is 15.0 Å². The highest BCUT2D eigenvalue weighted by atomic mass is 15.2. The topological polar surface area (TPSA) is 88.8 Å². The molecule has 6 heteroatoms. The lowest BCUT2D eigenvalue weighted by molar-refractivity contribution is 0.411. The van der Waals surface area contributed by atoms with Gasteiger partial charge >= 0.3 is 0 Å². The molecule has 0 saturated carbocycles. The van der Waals surface area contributed by atoms with Crippen LogP contribution in [-0.4, -0.2) is 20.5 Å². The molecule has 1 aromatic carbocycles. The highest BCUT2D eigenvalue weighted by molar-refractivity contribution is 5.62. The van der Waals surface area contributed by atoms with Crippen molar-refractivity contribution in [3.63, 3.8) is 0 Å². The second-order valence-corrected chi connectivity index (χ2v) is 7.69. The fourth-order valence-corrected chi connectivity index (χ4v) is 2.52. The highest BCUT2D eigenvalue weighted by Crippen LogP contribution is 2.29. The van der Waals surface area contributed by atoms with E-state index in [1.54, 1.807) is 0 Å². The number of anilines is 4. The molecule has 2 aromatic rings. The summed E-state index contributed by atoms with van der Waals surface area (Å²) in [6, 6.07) is 8.04. The standard InChI is InChI=1S/C19H30N6/c1-7-19(6,8-2)15-22-16(20)24-17(23-15)21-13-10-9-11-14(12-13)25-18(3,4)5/h9-12,25H,7-8H2,1-6H3,(H3,20,21,22,23,24). The summed E-state index contributed by atoms with van der Waals surface area (Å²) >= 11 is 0. The summed E-state index contributed by atoms with van der Waals surface area (Å²) in [6.45, 7) is 12.8. The predicted molar refractivity (Wildman–Crippen MR) is 105 cm³/mol. The van der Waals surface area contributed by atoms with Gasteiger partial charge in [-0.3, -0.25) is 0 Å². The summed E-state index contributed by atoms with van der Waals surface area (Å²) in [5, 5.41) is 6.70. The molecule has 1 heterocycles. The number of nitrogens with one attached hydrogen (secondary N) is 2. The fraction of sp³-hybridized carbons (Fsp3) is 0.526. The van der Waals surface area contributed by atoms with Crippen LogP contribution in [0.5, 0.6) is 0 Å². The Morgan fingerprint density at radius 1 is 0.960 bits per heavy atom. The maximum atomic E-state index is 5.92. The Morgan fingerprint density at radius 3 is 2.20 bits per heavy atom. The number of nitrogens with zero attached hydrogens (tertiary/aromatic N) is 3. The zero-order valence-electron chi connectivity index (χ0n) is 16.1. The summed E-state index contributed by atoms with van der Waals surface area (Å²) in [5.41, 5.74) is 7.74. The molecule has 4 N–H and O–H groups in total. The first-order chi connectivity index (χ1) is 11.6. The lowest BCUT2D eigenvalue weighted by Crippen LogP contribution is -2.26. The Morgan fingerprint density at radius 2 is 1.60 bits per heavy atom. The third-order valence-corrected chi connectivity index (χ3v) is 4.39. The molecule has 0 saturated heterocycles. The van der Waals surface area contributed by atoms with Gasteiger partial charge in [0.05, 0.1) is 0 Å². The van der Waals surface area contributed by atoms with E-state index in [1.165, 1.54) is 0 Å². The van der Waals surface area contributed by atoms with Crippen LogP contribution in [0.2, 0.25) is 0 Å². The quantitative estimate of drug-likeness (QED) is 0.717. The third-order valence-electron chi connectivity index (χ3n) is 4.39. The van der Waals surface area contributed by atoms with E-state index in [1.807, 2.05) is 24.3 Å². The van der Waals surface area contributed by atoms with Crippen molar-refractivity contribution in [3.8, 4) is 0 Å². The molecule has 136 valence electrons. The Kier molecular flexibility index (Phi) is 5.50. The molecule has 0 aliphatic rings. The Bertz CT molecular complexity index is 716. The number of aromatic nitrogens is 3. The van der Waals surface area contributed by atoms with Crippen LogP contribution >= 0.6 is 0 Å². The van der Waals surface area contributed by atoms with Gasteiger partial charge in [0.15, 0.2) is 0 Å². The molecule has 2 rings (SSSR count). The molecule has 0 fully saturated rings. The minimum absolute atomic E-state index is 0.00649. The van der Waals surface area contributed by atoms with Gasteiger partial charge in [0.25, 0.3) is 0 Å². The number of rotatable bonds is 6. The maximum absolute atomic E-state index is 5.92. The van der Waals surface area contributed by atoms with E-state index in [0.717, 1.165) is 30.0 Å². The van der Waals surface area contributed by atoms with E-state index >= 15 is 0 Å². The van der Waals surface area contributed by atoms with Crippen LogP contribution in [0.3, 0.4) is 0 Å². The van der Waals surface area contributed by atoms with Crippen molar-refractivity contribution in [2.45, 2.75) is 65.3 Å². The van der Waals surface area contributed by atoms with Crippen molar-refractivity contribution in [1.82, 2.24) is 15.0 Å². The van der Waals surface area contributed by atoms with Gasteiger partial charge in [0.2, 0.25) is 11.9 Å². The molecular weight excluding hydrogens is 312 g/mol. The van der Waals surface area contributed by atoms with Gasteiger partial charge in [-0.05, 0) is 51.8 Å². The first-order valence-electron chi connectivity index (χ1n) is 8.82. The Hall–Kier alpha value is -2.37. The normalized spacial score (nSPS) is 12.1. The maximum Gasteiger partial charge on any atom is 0.232 e. The summed E-state index contributed by atoms with van der Waals surface area (Å²) in [5.74, 6) is 1.45. The van der Waals surface area contributed by atoms with Crippen LogP contribution in [0, 0.1) is 0 Å². The van der Waals surface area contributed by atoms with Crippen LogP contribution < -0.4 is 16.4 Å². The van der Waals surface area contributed by atoms with Gasteiger partial charge in [0, 0.05) is 22.3 Å². The second kappa shape index (κ2) is 7.25. The Labute approximate surface area is 150 Å². The molecule has 1 aromatic heterocycles. The number of hydrogen-bond acceptors (Lipinski definition) is 6. The molecule has 0 aliphatic heterocycles. The molecular formula is C19H30N6. The zero-order valence-corrected chi connectivity index (χ0v) is 16.1. The monoisotopic (exact) mass is 342 g/mol. The van der Waals surface area contributed by atoms with Gasteiger partial charge in [-0.1, -0.05) is 26.8 Å². The summed E-state index contributed by atoms with van der Waals surface area (Å²) < 4.78 is 0. The van der Waals surface area contributed by atoms with Gasteiger partial charge in [-0.25, -0.2) is 0 Å². The van der Waals surface area contributed by atoms with Crippen LogP contribution in [0.1, 0.15) is 60.2 Å². The lowest BCUT2D eigenvalue weighted by Gasteiger charge is -2.25. The minimum atomic E-state index is -0.108. The van der Waals surface area contributed by atoms with Crippen molar-refractivity contribution >= 4 is 23.3 Å². The van der Waals surface area contributed by atoms with Crippen molar-refractivity contribution < 1.29 is 0 Å². The van der Waals surface area contributed by atoms with Crippen LogP contribution in [0.4, 0.5) is 23.3 Å². The smallest absolute Gasteiger partial charge is 0.232 e. The van der Waals surface area contributed by atoms with Crippen molar-refractivity contribution in [3.05, 3.63) is 30.1 Å². The van der Waals surface area contributed by atoms with Crippen LogP contribution in [0.15, 0.2) is 24.3 Å². The first kappa shape index (κ1) is 19.0. The predicted octanol–water partition coefficient (Wildman–Crippen LogP) is 4.49. The summed E-state index contributed by atoms with van der Waals surface area (Å²) in [4.78, 5) is 13.2. The van der Waals surface area contributed by atoms with Gasteiger partial charge < -0.3 is 16.4 Å². The molecule has 0 spiro atoms. The largest absolute Gasteiger partial charge is 0.380 e. The van der Waals surface area contributed by atoms with E-state index in [-0.39, 0.29) is 16.9 Å². The fourth-order valence-electron chi connectivity index (χ4n) is 2.52. The van der Waals surface area contributed by atoms with Gasteiger partial charge in [-0.15, -0.1) is 0 Å². The third kappa shape index (κ3) is 5.05. The molecule has 0 bridgehead atoms. The average Bonchev–Trinajstić information content (AvgIpc) is 2.52. The number of hydrogen-bond donors (Lipinski definition) is 3. The molecule has 6 nitrogen and oxygen atoms in total. The average molecular weight is 342 g/mol. The second-order valence-electron chi connectivity index (χ2n) is 7.69. The zero-order chi connectivity index (χ0) is 18.7. The molecule has 0 amide bonds. The van der Waals surface area contributed by atoms with Crippen LogP contribution in [0.25, 0.3) is 0 Å². The Balaban J connectivity index is 2.29. The molecule has 0 atom stereocenters. The highest BCUT2D eigenvalue weighted by Gasteiger charge is 2.27. The van der Waals surface area contributed by atoms with Crippen LogP contribution in [-0.2, 0) is 5.41 Å². The molecule has 0 unspecified atom stereocenters. The van der Waals surface area contributed by atoms with E-state index in [9.17, 15) is 0 Å². The van der Waals surface area contributed by atoms with E-state index in [2.05, 4.69) is 67.1 Å². The van der Waals surface area contributed by atoms with Crippen molar-refractivity contribution in [2.24, 2.45) is 0 Å².